The summed E-state index contributed by atoms with van der Waals surface area (Å²) in [6.07, 6.45) is 1.59. The van der Waals surface area contributed by atoms with E-state index in [1.54, 1.807) is 30.4 Å². The maximum atomic E-state index is 11.4. The molecule has 5 heteroatoms. The van der Waals surface area contributed by atoms with Crippen LogP contribution in [0.25, 0.3) is 0 Å². The lowest BCUT2D eigenvalue weighted by atomic mass is 10.2. The summed E-state index contributed by atoms with van der Waals surface area (Å²) in [7, 11) is 5.31. The Bertz CT molecular complexity index is 380. The van der Waals surface area contributed by atoms with Crippen LogP contribution < -0.4 is 11.0 Å². The number of pyridine rings is 1. The van der Waals surface area contributed by atoms with Crippen LogP contribution in [0.1, 0.15) is 5.56 Å². The molecule has 0 aliphatic rings. The molecule has 1 aromatic heterocycles. The third kappa shape index (κ3) is 2.43. The first kappa shape index (κ1) is 10.5. The van der Waals surface area contributed by atoms with Gasteiger partial charge in [0.25, 0.3) is 5.56 Å². The molecule has 0 aromatic carbocycles. The van der Waals surface area contributed by atoms with Crippen molar-refractivity contribution in [3.8, 4) is 0 Å². The van der Waals surface area contributed by atoms with Crippen LogP contribution in [0.15, 0.2) is 28.1 Å². The van der Waals surface area contributed by atoms with E-state index in [1.165, 1.54) is 0 Å². The van der Waals surface area contributed by atoms with Gasteiger partial charge in [0, 0.05) is 27.3 Å². The van der Waals surface area contributed by atoms with Gasteiger partial charge >= 0.3 is 0 Å². The Balaban J connectivity index is 3.03. The molecule has 0 saturated heterocycles. The van der Waals surface area contributed by atoms with Crippen molar-refractivity contribution in [3.63, 3.8) is 0 Å². The van der Waals surface area contributed by atoms with Crippen LogP contribution in [-0.4, -0.2) is 37.0 Å². The minimum Gasteiger partial charge on any atom is -0.328 e. The monoisotopic (exact) mass is 194 g/mol. The molecule has 0 atom stereocenters. The number of nitrogens with one attached hydrogen (secondary N) is 2. The Morgan fingerprint density at radius 1 is 1.57 bits per heavy atom. The van der Waals surface area contributed by atoms with E-state index in [0.29, 0.717) is 11.4 Å². The highest BCUT2D eigenvalue weighted by Crippen LogP contribution is 1.90. The number of aliphatic imine (C=N–C) groups is 1. The van der Waals surface area contributed by atoms with E-state index in [9.17, 15) is 4.79 Å². The van der Waals surface area contributed by atoms with Crippen molar-refractivity contribution < 1.29 is 0 Å². The molecular formula is C9H14N4O. The van der Waals surface area contributed by atoms with Crippen LogP contribution in [0.2, 0.25) is 0 Å². The maximum Gasteiger partial charge on any atom is 0.258 e. The number of H-pyrrole nitrogens is 1. The molecule has 2 N–H and O–H groups in total. The van der Waals surface area contributed by atoms with E-state index in [-0.39, 0.29) is 5.56 Å². The molecule has 1 aromatic rings. The molecule has 5 nitrogen and oxygen atoms in total. The molecule has 0 fully saturated rings. The van der Waals surface area contributed by atoms with Crippen molar-refractivity contribution in [2.75, 3.05) is 21.1 Å². The van der Waals surface area contributed by atoms with E-state index >= 15 is 0 Å². The molecular weight excluding hydrogens is 180 g/mol. The average molecular weight is 194 g/mol. The van der Waals surface area contributed by atoms with E-state index in [1.807, 2.05) is 14.1 Å². The van der Waals surface area contributed by atoms with E-state index in [2.05, 4.69) is 15.4 Å². The van der Waals surface area contributed by atoms with Gasteiger partial charge in [-0.3, -0.25) is 9.79 Å². The molecule has 0 aliphatic heterocycles. The van der Waals surface area contributed by atoms with Gasteiger partial charge in [-0.25, -0.2) is 5.01 Å². The summed E-state index contributed by atoms with van der Waals surface area (Å²) >= 11 is 0. The zero-order valence-electron chi connectivity index (χ0n) is 8.53. The van der Waals surface area contributed by atoms with Crippen LogP contribution in [0, 0.1) is 0 Å². The average Bonchev–Trinajstić information content (AvgIpc) is 2.15. The summed E-state index contributed by atoms with van der Waals surface area (Å²) < 4.78 is 0. The molecule has 0 unspecified atom stereocenters. The van der Waals surface area contributed by atoms with Crippen LogP contribution in [-0.2, 0) is 0 Å². The van der Waals surface area contributed by atoms with E-state index in [4.69, 9.17) is 0 Å². The van der Waals surface area contributed by atoms with Gasteiger partial charge in [0.2, 0.25) is 0 Å². The molecule has 76 valence electrons. The number of hydrogen-bond donors (Lipinski definition) is 2. The second kappa shape index (κ2) is 4.57. The van der Waals surface area contributed by atoms with Crippen LogP contribution in [0.5, 0.6) is 0 Å². The molecule has 0 radical (unpaired) electrons. The van der Waals surface area contributed by atoms with Gasteiger partial charge in [-0.15, -0.1) is 0 Å². The Hall–Kier alpha value is -1.62. The van der Waals surface area contributed by atoms with Gasteiger partial charge in [-0.2, -0.15) is 0 Å². The fourth-order valence-corrected chi connectivity index (χ4v) is 1.05. The van der Waals surface area contributed by atoms with Crippen molar-refractivity contribution in [1.82, 2.24) is 15.4 Å². The summed E-state index contributed by atoms with van der Waals surface area (Å²) in [6.45, 7) is 0. The van der Waals surface area contributed by atoms with E-state index in [0.717, 1.165) is 0 Å². The first-order chi connectivity index (χ1) is 6.65. The fourth-order valence-electron chi connectivity index (χ4n) is 1.05. The second-order valence-electron chi connectivity index (χ2n) is 2.99. The largest absolute Gasteiger partial charge is 0.328 e. The number of hydrazine groups is 1. The number of aromatic nitrogens is 1. The lowest BCUT2D eigenvalue weighted by molar-refractivity contribution is 0.362. The second-order valence-corrected chi connectivity index (χ2v) is 2.99. The van der Waals surface area contributed by atoms with Crippen LogP contribution in [0.4, 0.5) is 0 Å². The molecule has 14 heavy (non-hydrogen) atoms. The van der Waals surface area contributed by atoms with E-state index < -0.39 is 0 Å². The summed E-state index contributed by atoms with van der Waals surface area (Å²) in [6, 6.07) is 3.48. The maximum absolute atomic E-state index is 11.4. The lowest BCUT2D eigenvalue weighted by Gasteiger charge is -2.14. The SMILES string of the molecule is CN=C(NN(C)C)c1ccc[nH]c1=O. The smallest absolute Gasteiger partial charge is 0.258 e. The molecule has 1 rings (SSSR count). The van der Waals surface area contributed by atoms with Crippen LogP contribution in [0.3, 0.4) is 0 Å². The minimum atomic E-state index is -0.151. The van der Waals surface area contributed by atoms with Crippen LogP contribution >= 0.6 is 0 Å². The normalized spacial score (nSPS) is 11.9. The Kier molecular flexibility index (Phi) is 3.41. The third-order valence-corrected chi connectivity index (χ3v) is 1.63. The third-order valence-electron chi connectivity index (χ3n) is 1.63. The number of nitrogens with zero attached hydrogens (tertiary/aromatic N) is 2. The highest BCUT2D eigenvalue weighted by atomic mass is 16.1. The Labute approximate surface area is 82.4 Å². The van der Waals surface area contributed by atoms with Gasteiger partial charge < -0.3 is 10.4 Å². The molecule has 0 saturated carbocycles. The predicted molar refractivity (Wildman–Crippen MR) is 56.3 cm³/mol. The highest BCUT2D eigenvalue weighted by molar-refractivity contribution is 5.97. The lowest BCUT2D eigenvalue weighted by Crippen LogP contribution is -2.39. The topological polar surface area (TPSA) is 60.5 Å². The first-order valence-corrected chi connectivity index (χ1v) is 4.24. The summed E-state index contributed by atoms with van der Waals surface area (Å²) in [5.41, 5.74) is 3.33. The Morgan fingerprint density at radius 2 is 2.29 bits per heavy atom. The number of rotatable bonds is 2. The standard InChI is InChI=1S/C9H14N4O/c1-10-8(12-13(2)3)7-5-4-6-11-9(7)14/h4-6H,1-3H3,(H,10,12)(H,11,14). The summed E-state index contributed by atoms with van der Waals surface area (Å²) in [4.78, 5) is 18.0. The molecule has 0 amide bonds. The number of hydrogen-bond acceptors (Lipinski definition) is 3. The molecule has 1 heterocycles. The molecule has 0 aliphatic carbocycles. The minimum absolute atomic E-state index is 0.151. The number of amidine groups is 1. The van der Waals surface area contributed by atoms with Crippen molar-refractivity contribution >= 4 is 5.84 Å². The quantitative estimate of drug-likeness (QED) is 0.390. The number of aromatic amines is 1. The molecule has 0 spiro atoms. The summed E-state index contributed by atoms with van der Waals surface area (Å²) in [5.74, 6) is 0.553. The van der Waals surface area contributed by atoms with Crippen molar-refractivity contribution in [3.05, 3.63) is 34.2 Å². The van der Waals surface area contributed by atoms with Crippen molar-refractivity contribution in [2.24, 2.45) is 4.99 Å². The van der Waals surface area contributed by atoms with Crippen molar-refractivity contribution in [1.29, 1.82) is 0 Å². The summed E-state index contributed by atoms with van der Waals surface area (Å²) in [5, 5.41) is 1.73. The van der Waals surface area contributed by atoms with Crippen molar-refractivity contribution in [2.45, 2.75) is 0 Å². The zero-order chi connectivity index (χ0) is 10.6. The van der Waals surface area contributed by atoms with Gasteiger partial charge in [-0.1, -0.05) is 0 Å². The molecule has 0 bridgehead atoms. The van der Waals surface area contributed by atoms with Gasteiger partial charge in [0.05, 0.1) is 5.56 Å². The first-order valence-electron chi connectivity index (χ1n) is 4.24. The zero-order valence-corrected chi connectivity index (χ0v) is 8.53. The van der Waals surface area contributed by atoms with Gasteiger partial charge in [0.1, 0.15) is 5.84 Å². The Morgan fingerprint density at radius 3 is 2.79 bits per heavy atom. The highest BCUT2D eigenvalue weighted by Gasteiger charge is 2.06. The predicted octanol–water partition coefficient (Wildman–Crippen LogP) is -0.183. The van der Waals surface area contributed by atoms with Gasteiger partial charge in [-0.05, 0) is 12.1 Å². The fraction of sp³-hybridized carbons (Fsp3) is 0.333. The van der Waals surface area contributed by atoms with Gasteiger partial charge in [0.15, 0.2) is 0 Å².